The van der Waals surface area contributed by atoms with E-state index in [1.165, 1.54) is 5.56 Å². The lowest BCUT2D eigenvalue weighted by atomic mass is 9.97. The van der Waals surface area contributed by atoms with Crippen LogP contribution in [0.1, 0.15) is 36.8 Å². The summed E-state index contributed by atoms with van der Waals surface area (Å²) < 4.78 is 21.9. The maximum atomic E-state index is 12.8. The molecule has 0 radical (unpaired) electrons. The van der Waals surface area contributed by atoms with Crippen molar-refractivity contribution in [1.29, 1.82) is 0 Å². The number of carbonyl (C=O) groups is 1. The van der Waals surface area contributed by atoms with Crippen LogP contribution in [0.4, 0.5) is 0 Å². The Hall–Kier alpha value is -3.81. The van der Waals surface area contributed by atoms with Gasteiger partial charge >= 0.3 is 0 Å². The number of amides is 1. The number of benzene rings is 2. The Kier molecular flexibility index (Phi) is 7.70. The van der Waals surface area contributed by atoms with Crippen LogP contribution in [0.25, 0.3) is 17.0 Å². The molecule has 1 aromatic heterocycles. The molecule has 3 aromatic rings. The summed E-state index contributed by atoms with van der Waals surface area (Å²) in [6.07, 6.45) is 4.46. The molecular formula is C27H31N3O5. The lowest BCUT2D eigenvalue weighted by Gasteiger charge is -2.28. The number of aryl methyl sites for hydroxylation is 2. The first-order valence-electron chi connectivity index (χ1n) is 11.7. The molecule has 8 heteroatoms. The highest BCUT2D eigenvalue weighted by Gasteiger charge is 2.23. The highest BCUT2D eigenvalue weighted by Crippen LogP contribution is 2.40. The van der Waals surface area contributed by atoms with Gasteiger partial charge in [-0.05, 0) is 24.0 Å². The summed E-state index contributed by atoms with van der Waals surface area (Å²) in [4.78, 5) is 19.1. The van der Waals surface area contributed by atoms with Gasteiger partial charge in [-0.25, -0.2) is 0 Å². The predicted octanol–water partition coefficient (Wildman–Crippen LogP) is 4.57. The summed E-state index contributed by atoms with van der Waals surface area (Å²) in [5.41, 5.74) is 4.14. The largest absolute Gasteiger partial charge is 0.496 e. The van der Waals surface area contributed by atoms with Crippen molar-refractivity contribution in [2.45, 2.75) is 32.6 Å². The molecule has 0 unspecified atom stereocenters. The topological polar surface area (TPSA) is 86.9 Å². The number of rotatable bonds is 9. The third-order valence-electron chi connectivity index (χ3n) is 6.24. The van der Waals surface area contributed by atoms with E-state index in [-0.39, 0.29) is 5.91 Å². The summed E-state index contributed by atoms with van der Waals surface area (Å²) in [6, 6.07) is 11.8. The first-order chi connectivity index (χ1) is 17.1. The van der Waals surface area contributed by atoms with E-state index in [0.29, 0.717) is 61.3 Å². The zero-order chi connectivity index (χ0) is 24.8. The van der Waals surface area contributed by atoms with Gasteiger partial charge < -0.3 is 23.6 Å². The summed E-state index contributed by atoms with van der Waals surface area (Å²) in [7, 11) is 4.86. The van der Waals surface area contributed by atoms with Crippen LogP contribution in [0.2, 0.25) is 0 Å². The second kappa shape index (κ2) is 11.1. The minimum atomic E-state index is 0.0565. The van der Waals surface area contributed by atoms with Gasteiger partial charge in [-0.3, -0.25) is 4.79 Å². The molecule has 0 atom stereocenters. The zero-order valence-corrected chi connectivity index (χ0v) is 20.7. The molecule has 4 rings (SSSR count). The van der Waals surface area contributed by atoms with E-state index >= 15 is 0 Å². The fourth-order valence-corrected chi connectivity index (χ4v) is 4.18. The Morgan fingerprint density at radius 1 is 1.06 bits per heavy atom. The third-order valence-corrected chi connectivity index (χ3v) is 6.24. The van der Waals surface area contributed by atoms with Crippen molar-refractivity contribution in [3.05, 3.63) is 59.5 Å². The first-order valence-corrected chi connectivity index (χ1v) is 11.7. The smallest absolute Gasteiger partial charge is 0.227 e. The predicted molar refractivity (Wildman–Crippen MR) is 133 cm³/mol. The van der Waals surface area contributed by atoms with Crippen LogP contribution in [-0.2, 0) is 17.6 Å². The van der Waals surface area contributed by atoms with Gasteiger partial charge in [0.05, 0.1) is 26.9 Å². The average Bonchev–Trinajstić information content (AvgIpc) is 3.40. The molecule has 0 spiro atoms. The SMILES string of the molecule is CCc1ccc(-c2noc(CCC(=O)N3CC=C(c4c(OC)cc(OC)cc4OC)CC3)n2)cc1. The fourth-order valence-electron chi connectivity index (χ4n) is 4.18. The molecule has 0 fully saturated rings. The van der Waals surface area contributed by atoms with E-state index in [0.717, 1.165) is 23.1 Å². The molecule has 8 nitrogen and oxygen atoms in total. The third kappa shape index (κ3) is 5.48. The summed E-state index contributed by atoms with van der Waals surface area (Å²) in [6.45, 7) is 3.25. The van der Waals surface area contributed by atoms with E-state index in [2.05, 4.69) is 35.3 Å². The van der Waals surface area contributed by atoms with Crippen molar-refractivity contribution >= 4 is 11.5 Å². The quantitative estimate of drug-likeness (QED) is 0.446. The van der Waals surface area contributed by atoms with Crippen molar-refractivity contribution in [1.82, 2.24) is 15.0 Å². The highest BCUT2D eigenvalue weighted by atomic mass is 16.5. The number of nitrogens with zero attached hydrogens (tertiary/aromatic N) is 3. The summed E-state index contributed by atoms with van der Waals surface area (Å²) in [5.74, 6) is 3.10. The number of methoxy groups -OCH3 is 3. The summed E-state index contributed by atoms with van der Waals surface area (Å²) in [5, 5.41) is 4.07. The molecule has 0 aliphatic carbocycles. The Labute approximate surface area is 205 Å². The summed E-state index contributed by atoms with van der Waals surface area (Å²) >= 11 is 0. The highest BCUT2D eigenvalue weighted by molar-refractivity contribution is 5.81. The Morgan fingerprint density at radius 3 is 2.34 bits per heavy atom. The number of hydrogen-bond acceptors (Lipinski definition) is 7. The van der Waals surface area contributed by atoms with Crippen molar-refractivity contribution in [2.75, 3.05) is 34.4 Å². The molecule has 0 N–H and O–H groups in total. The molecule has 0 bridgehead atoms. The minimum Gasteiger partial charge on any atom is -0.496 e. The molecule has 0 saturated carbocycles. The van der Waals surface area contributed by atoms with Crippen molar-refractivity contribution in [2.24, 2.45) is 0 Å². The van der Waals surface area contributed by atoms with Crippen LogP contribution < -0.4 is 14.2 Å². The second-order valence-electron chi connectivity index (χ2n) is 8.29. The van der Waals surface area contributed by atoms with Crippen LogP contribution in [0.3, 0.4) is 0 Å². The van der Waals surface area contributed by atoms with Gasteiger partial charge in [-0.15, -0.1) is 0 Å². The van der Waals surface area contributed by atoms with Gasteiger partial charge in [0.1, 0.15) is 17.2 Å². The lowest BCUT2D eigenvalue weighted by Crippen LogP contribution is -2.34. The molecule has 35 heavy (non-hydrogen) atoms. The zero-order valence-electron chi connectivity index (χ0n) is 20.7. The molecule has 2 aromatic carbocycles. The Morgan fingerprint density at radius 2 is 1.77 bits per heavy atom. The Bertz CT molecular complexity index is 1170. The molecular weight excluding hydrogens is 446 g/mol. The van der Waals surface area contributed by atoms with Crippen LogP contribution in [0.5, 0.6) is 17.2 Å². The lowest BCUT2D eigenvalue weighted by molar-refractivity contribution is -0.130. The van der Waals surface area contributed by atoms with E-state index in [1.807, 2.05) is 29.2 Å². The maximum absolute atomic E-state index is 12.8. The molecule has 1 aliphatic heterocycles. The fraction of sp³-hybridized carbons (Fsp3) is 0.370. The van der Waals surface area contributed by atoms with Crippen LogP contribution in [0.15, 0.2) is 47.0 Å². The Balaban J connectivity index is 1.37. The first kappa shape index (κ1) is 24.3. The number of hydrogen-bond donors (Lipinski definition) is 0. The van der Waals surface area contributed by atoms with Gasteiger partial charge in [0, 0.05) is 43.6 Å². The van der Waals surface area contributed by atoms with Crippen LogP contribution >= 0.6 is 0 Å². The maximum Gasteiger partial charge on any atom is 0.227 e. The van der Waals surface area contributed by atoms with E-state index in [9.17, 15) is 4.79 Å². The van der Waals surface area contributed by atoms with Gasteiger partial charge in [0.25, 0.3) is 0 Å². The van der Waals surface area contributed by atoms with Gasteiger partial charge in [0.15, 0.2) is 0 Å². The van der Waals surface area contributed by atoms with Gasteiger partial charge in [0.2, 0.25) is 17.6 Å². The molecule has 184 valence electrons. The molecule has 2 heterocycles. The van der Waals surface area contributed by atoms with E-state index in [4.69, 9.17) is 18.7 Å². The van der Waals surface area contributed by atoms with Crippen LogP contribution in [0, 0.1) is 0 Å². The van der Waals surface area contributed by atoms with Crippen molar-refractivity contribution in [3.63, 3.8) is 0 Å². The van der Waals surface area contributed by atoms with Gasteiger partial charge in [-0.2, -0.15) is 4.98 Å². The van der Waals surface area contributed by atoms with Crippen molar-refractivity contribution < 1.29 is 23.5 Å². The van der Waals surface area contributed by atoms with E-state index in [1.54, 1.807) is 21.3 Å². The number of aromatic nitrogens is 2. The number of ether oxygens (including phenoxy) is 3. The van der Waals surface area contributed by atoms with Crippen molar-refractivity contribution in [3.8, 4) is 28.6 Å². The molecule has 1 aliphatic rings. The normalized spacial score (nSPS) is 13.4. The van der Waals surface area contributed by atoms with Gasteiger partial charge in [-0.1, -0.05) is 42.4 Å². The molecule has 1 amide bonds. The average molecular weight is 478 g/mol. The second-order valence-corrected chi connectivity index (χ2v) is 8.29. The van der Waals surface area contributed by atoms with E-state index < -0.39 is 0 Å². The molecule has 0 saturated heterocycles. The monoisotopic (exact) mass is 477 g/mol. The minimum absolute atomic E-state index is 0.0565. The van der Waals surface area contributed by atoms with Crippen LogP contribution in [-0.4, -0.2) is 55.4 Å². The number of carbonyl (C=O) groups excluding carboxylic acids is 1. The standard InChI is InChI=1S/C27H31N3O5/c1-5-18-6-8-20(9-7-18)27-28-24(35-29-27)10-11-25(31)30-14-12-19(13-15-30)26-22(33-3)16-21(32-2)17-23(26)34-4/h6-9,12,16-17H,5,10-11,13-15H2,1-4H3.